The van der Waals surface area contributed by atoms with Gasteiger partial charge in [-0.3, -0.25) is 13.9 Å². The van der Waals surface area contributed by atoms with Crippen molar-refractivity contribution in [2.24, 2.45) is 14.1 Å². The minimum atomic E-state index is -0.438. The van der Waals surface area contributed by atoms with Crippen molar-refractivity contribution in [3.05, 3.63) is 90.7 Å². The van der Waals surface area contributed by atoms with Crippen molar-refractivity contribution in [2.45, 2.75) is 12.6 Å². The summed E-state index contributed by atoms with van der Waals surface area (Å²) in [7, 11) is 3.18. The van der Waals surface area contributed by atoms with Crippen molar-refractivity contribution < 1.29 is 4.74 Å². The highest BCUT2D eigenvalue weighted by atomic mass is 35.5. The van der Waals surface area contributed by atoms with E-state index in [0.29, 0.717) is 34.1 Å². The maximum absolute atomic E-state index is 13.3. The van der Waals surface area contributed by atoms with E-state index in [2.05, 4.69) is 4.57 Å². The third kappa shape index (κ3) is 3.05. The minimum absolute atomic E-state index is 0.334. The summed E-state index contributed by atoms with van der Waals surface area (Å²) >= 11 is 12.2. The van der Waals surface area contributed by atoms with Crippen LogP contribution in [0.15, 0.2) is 58.1 Å². The molecule has 0 amide bonds. The van der Waals surface area contributed by atoms with Gasteiger partial charge in [-0.25, -0.2) is 4.79 Å². The quantitative estimate of drug-likeness (QED) is 0.456. The highest BCUT2D eigenvalue weighted by Crippen LogP contribution is 2.40. The van der Waals surface area contributed by atoms with E-state index < -0.39 is 6.10 Å². The Kier molecular flexibility index (Phi) is 4.81. The standard InChI is InChI=1S/C23H19Cl2N3O3/c1-26-19-17(22(29)27(2)23(26)30)18(13-3-7-15(24)8-4-13)28-11-12-31-21(20(19)28)14-5-9-16(25)10-6-14/h3-10,21H,11-12H2,1-2H3. The maximum atomic E-state index is 13.3. The summed E-state index contributed by atoms with van der Waals surface area (Å²) in [5.74, 6) is 0. The number of nitrogens with zero attached hydrogens (tertiary/aromatic N) is 3. The summed E-state index contributed by atoms with van der Waals surface area (Å²) in [5, 5.41) is 1.73. The summed E-state index contributed by atoms with van der Waals surface area (Å²) < 4.78 is 10.9. The van der Waals surface area contributed by atoms with E-state index in [9.17, 15) is 9.59 Å². The Balaban J connectivity index is 1.93. The van der Waals surface area contributed by atoms with Crippen LogP contribution < -0.4 is 11.2 Å². The van der Waals surface area contributed by atoms with Gasteiger partial charge < -0.3 is 9.30 Å². The molecule has 8 heteroatoms. The van der Waals surface area contributed by atoms with Crippen LogP contribution in [-0.2, 0) is 25.4 Å². The maximum Gasteiger partial charge on any atom is 0.331 e. The topological polar surface area (TPSA) is 58.2 Å². The number of aryl methyl sites for hydroxylation is 1. The first-order valence-corrected chi connectivity index (χ1v) is 10.6. The summed E-state index contributed by atoms with van der Waals surface area (Å²) in [4.78, 5) is 26.1. The number of fused-ring (bicyclic) bond motifs is 3. The SMILES string of the molecule is Cn1c(=O)c2c(-c3ccc(Cl)cc3)n3c(c2n(C)c1=O)C(c1ccc(Cl)cc1)OCC3. The molecule has 4 aromatic rings. The zero-order chi connectivity index (χ0) is 21.9. The molecule has 0 aliphatic carbocycles. The first-order valence-electron chi connectivity index (χ1n) is 9.83. The zero-order valence-corrected chi connectivity index (χ0v) is 18.4. The van der Waals surface area contributed by atoms with Crippen molar-refractivity contribution in [2.75, 3.05) is 6.61 Å². The predicted molar refractivity (Wildman–Crippen MR) is 122 cm³/mol. The van der Waals surface area contributed by atoms with E-state index in [-0.39, 0.29) is 11.2 Å². The van der Waals surface area contributed by atoms with Crippen molar-refractivity contribution in [1.29, 1.82) is 0 Å². The summed E-state index contributed by atoms with van der Waals surface area (Å²) in [6, 6.07) is 14.8. The van der Waals surface area contributed by atoms with Crippen LogP contribution in [0.4, 0.5) is 0 Å². The summed E-state index contributed by atoms with van der Waals surface area (Å²) in [5.41, 5.74) is 3.17. The Labute approximate surface area is 187 Å². The van der Waals surface area contributed by atoms with Gasteiger partial charge in [0.25, 0.3) is 5.56 Å². The number of hydrogen-bond donors (Lipinski definition) is 0. The van der Waals surface area contributed by atoms with Gasteiger partial charge in [0.1, 0.15) is 6.10 Å². The Bertz CT molecular complexity index is 1430. The summed E-state index contributed by atoms with van der Waals surface area (Å²) in [6.07, 6.45) is -0.438. The van der Waals surface area contributed by atoms with Gasteiger partial charge in [-0.05, 0) is 35.4 Å². The molecule has 0 saturated carbocycles. The van der Waals surface area contributed by atoms with Gasteiger partial charge in [-0.2, -0.15) is 0 Å². The lowest BCUT2D eigenvalue weighted by molar-refractivity contribution is 0.0478. The van der Waals surface area contributed by atoms with E-state index in [1.807, 2.05) is 36.4 Å². The van der Waals surface area contributed by atoms with Crippen molar-refractivity contribution >= 4 is 34.1 Å². The second-order valence-electron chi connectivity index (χ2n) is 7.62. The van der Waals surface area contributed by atoms with E-state index in [4.69, 9.17) is 27.9 Å². The van der Waals surface area contributed by atoms with E-state index >= 15 is 0 Å². The number of rotatable bonds is 2. The molecule has 2 aromatic heterocycles. The van der Waals surface area contributed by atoms with E-state index in [1.165, 1.54) is 11.6 Å². The van der Waals surface area contributed by atoms with Crippen LogP contribution in [0.5, 0.6) is 0 Å². The van der Waals surface area contributed by atoms with Crippen LogP contribution in [0.25, 0.3) is 22.2 Å². The van der Waals surface area contributed by atoms with Crippen LogP contribution in [0, 0.1) is 0 Å². The molecule has 1 aliphatic heterocycles. The van der Waals surface area contributed by atoms with E-state index in [0.717, 1.165) is 27.1 Å². The molecule has 2 aromatic carbocycles. The molecule has 0 bridgehead atoms. The molecule has 31 heavy (non-hydrogen) atoms. The molecule has 3 heterocycles. The second-order valence-corrected chi connectivity index (χ2v) is 8.50. The number of hydrogen-bond acceptors (Lipinski definition) is 3. The van der Waals surface area contributed by atoms with Gasteiger partial charge in [0.05, 0.1) is 28.9 Å². The first kappa shape index (κ1) is 20.1. The van der Waals surface area contributed by atoms with Gasteiger partial charge >= 0.3 is 5.69 Å². The smallest absolute Gasteiger partial charge is 0.331 e. The molecule has 5 rings (SSSR count). The van der Waals surface area contributed by atoms with Gasteiger partial charge in [0, 0.05) is 30.7 Å². The average Bonchev–Trinajstić information content (AvgIpc) is 3.13. The van der Waals surface area contributed by atoms with Gasteiger partial charge in [-0.1, -0.05) is 47.5 Å². The monoisotopic (exact) mass is 455 g/mol. The Morgan fingerprint density at radius 3 is 2.16 bits per heavy atom. The third-order valence-electron chi connectivity index (χ3n) is 5.84. The zero-order valence-electron chi connectivity index (χ0n) is 16.9. The normalized spacial score (nSPS) is 15.9. The molecular weight excluding hydrogens is 437 g/mol. The molecular formula is C23H19Cl2N3O3. The van der Waals surface area contributed by atoms with Gasteiger partial charge in [0.2, 0.25) is 0 Å². The predicted octanol–water partition coefficient (Wildman–Crippen LogP) is 4.13. The van der Waals surface area contributed by atoms with E-state index in [1.54, 1.807) is 19.2 Å². The van der Waals surface area contributed by atoms with Crippen LogP contribution in [-0.4, -0.2) is 20.3 Å². The number of benzene rings is 2. The van der Waals surface area contributed by atoms with Crippen LogP contribution in [0.1, 0.15) is 17.4 Å². The Morgan fingerprint density at radius 2 is 1.52 bits per heavy atom. The lowest BCUT2D eigenvalue weighted by Crippen LogP contribution is -2.37. The largest absolute Gasteiger partial charge is 0.365 e. The van der Waals surface area contributed by atoms with Crippen LogP contribution >= 0.6 is 23.2 Å². The van der Waals surface area contributed by atoms with Crippen molar-refractivity contribution in [3.8, 4) is 11.3 Å². The number of halogens is 2. The number of aromatic nitrogens is 3. The molecule has 0 fully saturated rings. The molecule has 1 aliphatic rings. The minimum Gasteiger partial charge on any atom is -0.365 e. The fraction of sp³-hybridized carbons (Fsp3) is 0.217. The average molecular weight is 456 g/mol. The molecule has 1 unspecified atom stereocenters. The molecule has 0 N–H and O–H groups in total. The Hall–Kier alpha value is -2.80. The molecule has 158 valence electrons. The lowest BCUT2D eigenvalue weighted by atomic mass is 10.0. The van der Waals surface area contributed by atoms with Gasteiger partial charge in [-0.15, -0.1) is 0 Å². The van der Waals surface area contributed by atoms with Crippen molar-refractivity contribution in [3.63, 3.8) is 0 Å². The van der Waals surface area contributed by atoms with Crippen LogP contribution in [0.3, 0.4) is 0 Å². The molecule has 1 atom stereocenters. The van der Waals surface area contributed by atoms with Crippen molar-refractivity contribution in [1.82, 2.24) is 13.7 Å². The second kappa shape index (κ2) is 7.41. The molecule has 0 spiro atoms. The fourth-order valence-corrected chi connectivity index (χ4v) is 4.63. The highest BCUT2D eigenvalue weighted by Gasteiger charge is 2.33. The summed E-state index contributed by atoms with van der Waals surface area (Å²) in [6.45, 7) is 1.03. The number of ether oxygens (including phenoxy) is 1. The van der Waals surface area contributed by atoms with Gasteiger partial charge in [0.15, 0.2) is 0 Å². The third-order valence-corrected chi connectivity index (χ3v) is 6.35. The fourth-order valence-electron chi connectivity index (χ4n) is 4.38. The Morgan fingerprint density at radius 1 is 0.903 bits per heavy atom. The molecule has 0 saturated heterocycles. The molecule has 0 radical (unpaired) electrons. The lowest BCUT2D eigenvalue weighted by Gasteiger charge is -2.27. The molecule has 6 nitrogen and oxygen atoms in total. The first-order chi connectivity index (χ1) is 14.9. The van der Waals surface area contributed by atoms with Crippen LogP contribution in [0.2, 0.25) is 10.0 Å². The highest BCUT2D eigenvalue weighted by molar-refractivity contribution is 6.30.